The van der Waals surface area contributed by atoms with Gasteiger partial charge in [-0.2, -0.15) is 0 Å². The molecule has 68 valence electrons. The molecular formula is C9H10N2O2. The first-order chi connectivity index (χ1) is 6.29. The molecule has 4 nitrogen and oxygen atoms in total. The predicted molar refractivity (Wildman–Crippen MR) is 46.1 cm³/mol. The van der Waals surface area contributed by atoms with Gasteiger partial charge in [-0.05, 0) is 11.6 Å². The normalized spacial score (nSPS) is 15.2. The van der Waals surface area contributed by atoms with Crippen LogP contribution >= 0.6 is 0 Å². The van der Waals surface area contributed by atoms with Crippen molar-refractivity contribution < 1.29 is 9.90 Å². The lowest BCUT2D eigenvalue weighted by molar-refractivity contribution is -0.118. The molecule has 0 aliphatic carbocycles. The van der Waals surface area contributed by atoms with E-state index in [1.165, 1.54) is 6.20 Å². The molecule has 2 rings (SSSR count). The smallest absolute Gasteiger partial charge is 0.210 e. The van der Waals surface area contributed by atoms with Crippen molar-refractivity contribution in [1.29, 1.82) is 0 Å². The molecule has 0 unspecified atom stereocenters. The molecule has 0 spiro atoms. The van der Waals surface area contributed by atoms with E-state index in [2.05, 4.69) is 4.98 Å². The quantitative estimate of drug-likeness (QED) is 0.629. The van der Waals surface area contributed by atoms with Crippen molar-refractivity contribution >= 4 is 6.41 Å². The summed E-state index contributed by atoms with van der Waals surface area (Å²) in [5.41, 5.74) is 1.93. The largest absolute Gasteiger partial charge is 0.506 e. The van der Waals surface area contributed by atoms with E-state index in [9.17, 15) is 9.90 Å². The SMILES string of the molecule is O=CN1CCc2ncc(O)cc2C1. The molecule has 1 aliphatic rings. The zero-order valence-corrected chi connectivity index (χ0v) is 7.10. The summed E-state index contributed by atoms with van der Waals surface area (Å²) in [7, 11) is 0. The minimum atomic E-state index is 0.159. The van der Waals surface area contributed by atoms with Crippen LogP contribution in [0.3, 0.4) is 0 Å². The molecule has 0 atom stereocenters. The van der Waals surface area contributed by atoms with E-state index in [4.69, 9.17) is 0 Å². The van der Waals surface area contributed by atoms with Crippen molar-refractivity contribution in [2.75, 3.05) is 6.54 Å². The van der Waals surface area contributed by atoms with Crippen molar-refractivity contribution in [3.63, 3.8) is 0 Å². The van der Waals surface area contributed by atoms with Crippen LogP contribution in [0.4, 0.5) is 0 Å². The molecule has 13 heavy (non-hydrogen) atoms. The van der Waals surface area contributed by atoms with Gasteiger partial charge < -0.3 is 10.0 Å². The maximum atomic E-state index is 10.5. The van der Waals surface area contributed by atoms with E-state index >= 15 is 0 Å². The molecule has 0 saturated carbocycles. The van der Waals surface area contributed by atoms with Crippen LogP contribution in [0.15, 0.2) is 12.3 Å². The highest BCUT2D eigenvalue weighted by atomic mass is 16.3. The van der Waals surface area contributed by atoms with Gasteiger partial charge in [-0.3, -0.25) is 9.78 Å². The number of pyridine rings is 1. The van der Waals surface area contributed by atoms with Gasteiger partial charge in [0.15, 0.2) is 0 Å². The van der Waals surface area contributed by atoms with Gasteiger partial charge in [-0.15, -0.1) is 0 Å². The molecule has 0 fully saturated rings. The Kier molecular flexibility index (Phi) is 1.88. The molecule has 0 radical (unpaired) electrons. The fourth-order valence-corrected chi connectivity index (χ4v) is 1.53. The minimum absolute atomic E-state index is 0.159. The second-order valence-corrected chi connectivity index (χ2v) is 3.13. The van der Waals surface area contributed by atoms with Crippen LogP contribution in [-0.4, -0.2) is 27.9 Å². The maximum absolute atomic E-state index is 10.5. The van der Waals surface area contributed by atoms with Gasteiger partial charge in [0.25, 0.3) is 0 Å². The number of aromatic nitrogens is 1. The second-order valence-electron chi connectivity index (χ2n) is 3.13. The van der Waals surface area contributed by atoms with Crippen LogP contribution in [0.1, 0.15) is 11.3 Å². The molecule has 1 aromatic rings. The number of aromatic hydroxyl groups is 1. The average Bonchev–Trinajstić information content (AvgIpc) is 2.16. The van der Waals surface area contributed by atoms with Crippen LogP contribution in [0.25, 0.3) is 0 Å². The van der Waals surface area contributed by atoms with Gasteiger partial charge >= 0.3 is 0 Å². The van der Waals surface area contributed by atoms with E-state index in [1.807, 2.05) is 0 Å². The van der Waals surface area contributed by atoms with Crippen molar-refractivity contribution in [2.24, 2.45) is 0 Å². The van der Waals surface area contributed by atoms with E-state index in [0.29, 0.717) is 13.1 Å². The highest BCUT2D eigenvalue weighted by molar-refractivity contribution is 5.49. The molecule has 1 amide bonds. The molecule has 0 saturated heterocycles. The molecule has 2 heterocycles. The standard InChI is InChI=1S/C9H10N2O2/c12-6-11-2-1-9-7(5-11)3-8(13)4-10-9/h3-4,6,13H,1-2,5H2. The summed E-state index contributed by atoms with van der Waals surface area (Å²) in [5.74, 6) is 0.159. The minimum Gasteiger partial charge on any atom is -0.506 e. The van der Waals surface area contributed by atoms with Gasteiger partial charge in [-0.25, -0.2) is 0 Å². The Hall–Kier alpha value is -1.58. The summed E-state index contributed by atoms with van der Waals surface area (Å²) in [5, 5.41) is 9.18. The van der Waals surface area contributed by atoms with Gasteiger partial charge in [0.1, 0.15) is 5.75 Å². The Balaban J connectivity index is 2.32. The van der Waals surface area contributed by atoms with Crippen LogP contribution in [-0.2, 0) is 17.8 Å². The first-order valence-electron chi connectivity index (χ1n) is 4.15. The lowest BCUT2D eigenvalue weighted by Gasteiger charge is -2.24. The van der Waals surface area contributed by atoms with Gasteiger partial charge in [0, 0.05) is 25.2 Å². The van der Waals surface area contributed by atoms with Crippen LogP contribution < -0.4 is 0 Å². The molecule has 1 aliphatic heterocycles. The van der Waals surface area contributed by atoms with Gasteiger partial charge in [-0.1, -0.05) is 0 Å². The Labute approximate surface area is 75.8 Å². The van der Waals surface area contributed by atoms with E-state index in [0.717, 1.165) is 24.1 Å². The van der Waals surface area contributed by atoms with E-state index in [-0.39, 0.29) is 5.75 Å². The van der Waals surface area contributed by atoms with E-state index in [1.54, 1.807) is 11.0 Å². The Morgan fingerprint density at radius 1 is 1.62 bits per heavy atom. The number of hydrogen-bond donors (Lipinski definition) is 1. The summed E-state index contributed by atoms with van der Waals surface area (Å²) in [6, 6.07) is 1.66. The number of nitrogens with zero attached hydrogens (tertiary/aromatic N) is 2. The second kappa shape index (κ2) is 3.05. The molecular weight excluding hydrogens is 168 g/mol. The number of carbonyl (C=O) groups is 1. The van der Waals surface area contributed by atoms with E-state index < -0.39 is 0 Å². The number of fused-ring (bicyclic) bond motifs is 1. The third kappa shape index (κ3) is 1.47. The first kappa shape index (κ1) is 8.04. The summed E-state index contributed by atoms with van der Waals surface area (Å²) in [6.07, 6.45) is 3.04. The Bertz CT molecular complexity index is 338. The zero-order chi connectivity index (χ0) is 9.26. The summed E-state index contributed by atoms with van der Waals surface area (Å²) in [4.78, 5) is 16.3. The number of amides is 1. The van der Waals surface area contributed by atoms with Crippen molar-refractivity contribution in [1.82, 2.24) is 9.88 Å². The topological polar surface area (TPSA) is 53.4 Å². The van der Waals surface area contributed by atoms with Crippen molar-refractivity contribution in [3.8, 4) is 5.75 Å². The van der Waals surface area contributed by atoms with Crippen molar-refractivity contribution in [3.05, 3.63) is 23.5 Å². The fourth-order valence-electron chi connectivity index (χ4n) is 1.53. The zero-order valence-electron chi connectivity index (χ0n) is 7.10. The lowest BCUT2D eigenvalue weighted by Crippen LogP contribution is -2.29. The highest BCUT2D eigenvalue weighted by Crippen LogP contribution is 2.19. The third-order valence-corrected chi connectivity index (χ3v) is 2.20. The Morgan fingerprint density at radius 2 is 2.46 bits per heavy atom. The number of rotatable bonds is 1. The van der Waals surface area contributed by atoms with Crippen LogP contribution in [0.5, 0.6) is 5.75 Å². The number of hydrogen-bond acceptors (Lipinski definition) is 3. The maximum Gasteiger partial charge on any atom is 0.210 e. The van der Waals surface area contributed by atoms with Gasteiger partial charge in [0.2, 0.25) is 6.41 Å². The van der Waals surface area contributed by atoms with Crippen LogP contribution in [0, 0.1) is 0 Å². The van der Waals surface area contributed by atoms with Crippen LogP contribution in [0.2, 0.25) is 0 Å². The van der Waals surface area contributed by atoms with Gasteiger partial charge in [0.05, 0.1) is 6.20 Å². The molecule has 0 aromatic carbocycles. The molecule has 0 bridgehead atoms. The molecule has 1 aromatic heterocycles. The average molecular weight is 178 g/mol. The molecule has 1 N–H and O–H groups in total. The monoisotopic (exact) mass is 178 g/mol. The summed E-state index contributed by atoms with van der Waals surface area (Å²) < 4.78 is 0. The Morgan fingerprint density at radius 3 is 3.23 bits per heavy atom. The molecule has 4 heteroatoms. The lowest BCUT2D eigenvalue weighted by atomic mass is 10.1. The first-order valence-corrected chi connectivity index (χ1v) is 4.15. The third-order valence-electron chi connectivity index (χ3n) is 2.20. The summed E-state index contributed by atoms with van der Waals surface area (Å²) in [6.45, 7) is 1.27. The predicted octanol–water partition coefficient (Wildman–Crippen LogP) is 0.302. The fraction of sp³-hybridized carbons (Fsp3) is 0.333. The number of carbonyl (C=O) groups excluding carboxylic acids is 1. The highest BCUT2D eigenvalue weighted by Gasteiger charge is 2.15. The van der Waals surface area contributed by atoms with Crippen molar-refractivity contribution in [2.45, 2.75) is 13.0 Å². The summed E-state index contributed by atoms with van der Waals surface area (Å²) >= 11 is 0.